The van der Waals surface area contributed by atoms with Crippen LogP contribution in [0.4, 0.5) is 10.5 Å². The molecule has 2 aromatic carbocycles. The van der Waals surface area contributed by atoms with Crippen molar-refractivity contribution in [3.8, 4) is 0 Å². The van der Waals surface area contributed by atoms with Gasteiger partial charge in [0.1, 0.15) is 17.7 Å². The first-order valence-corrected chi connectivity index (χ1v) is 14.0. The number of nitrogens with one attached hydrogen (secondary N) is 2. The van der Waals surface area contributed by atoms with Gasteiger partial charge in [-0.1, -0.05) is 75.2 Å². The van der Waals surface area contributed by atoms with Gasteiger partial charge < -0.3 is 20.3 Å². The summed E-state index contributed by atoms with van der Waals surface area (Å²) < 4.78 is 5.47. The van der Waals surface area contributed by atoms with Gasteiger partial charge in [-0.25, -0.2) is 4.79 Å². The lowest BCUT2D eigenvalue weighted by Crippen LogP contribution is -2.53. The van der Waals surface area contributed by atoms with Gasteiger partial charge in [-0.15, -0.1) is 0 Å². The first-order chi connectivity index (χ1) is 18.2. The predicted octanol–water partition coefficient (Wildman–Crippen LogP) is 6.86. The fourth-order valence-electron chi connectivity index (χ4n) is 4.46. The monoisotopic (exact) mass is 537 g/mol. The fourth-order valence-corrected chi connectivity index (χ4v) is 4.46. The number of hydrogen-bond donors (Lipinski definition) is 2. The Balaban J connectivity index is 2.55. The fraction of sp³-hybridized carbons (Fsp3) is 0.531. The molecule has 2 rings (SSSR count). The first-order valence-electron chi connectivity index (χ1n) is 14.0. The Kier molecular flexibility index (Phi) is 11.6. The van der Waals surface area contributed by atoms with E-state index in [0.29, 0.717) is 24.9 Å². The van der Waals surface area contributed by atoms with Crippen LogP contribution in [0.15, 0.2) is 42.5 Å². The van der Waals surface area contributed by atoms with Crippen LogP contribution >= 0.6 is 0 Å². The zero-order chi connectivity index (χ0) is 29.3. The third-order valence-corrected chi connectivity index (χ3v) is 6.41. The molecule has 0 saturated heterocycles. The molecule has 3 amide bonds. The average Bonchev–Trinajstić information content (AvgIpc) is 2.82. The Bertz CT molecular complexity index is 1100. The van der Waals surface area contributed by atoms with E-state index < -0.39 is 23.8 Å². The van der Waals surface area contributed by atoms with Gasteiger partial charge in [0.25, 0.3) is 5.91 Å². The molecule has 0 aliphatic carbocycles. The highest BCUT2D eigenvalue weighted by atomic mass is 16.6. The topological polar surface area (TPSA) is 87.7 Å². The maximum atomic E-state index is 14.2. The number of alkyl carbamates (subject to hydrolysis) is 1. The maximum absolute atomic E-state index is 14.2. The summed E-state index contributed by atoms with van der Waals surface area (Å²) >= 11 is 0. The predicted molar refractivity (Wildman–Crippen MR) is 158 cm³/mol. The molecular weight excluding hydrogens is 490 g/mol. The quantitative estimate of drug-likeness (QED) is 0.328. The zero-order valence-electron chi connectivity index (χ0n) is 25.2. The molecule has 0 radical (unpaired) electrons. The first kappa shape index (κ1) is 31.9. The molecule has 2 atom stereocenters. The van der Waals surface area contributed by atoms with Gasteiger partial charge in [-0.3, -0.25) is 9.59 Å². The van der Waals surface area contributed by atoms with Gasteiger partial charge in [0, 0.05) is 12.2 Å². The van der Waals surface area contributed by atoms with Crippen molar-refractivity contribution in [2.24, 2.45) is 5.92 Å². The van der Waals surface area contributed by atoms with Crippen LogP contribution in [0, 0.1) is 26.7 Å². The van der Waals surface area contributed by atoms with Crippen LogP contribution in [0.2, 0.25) is 0 Å². The molecule has 0 aliphatic rings. The molecular formula is C32H47N3O4. The highest BCUT2D eigenvalue weighted by Crippen LogP contribution is 2.28. The summed E-state index contributed by atoms with van der Waals surface area (Å²) in [5.41, 5.74) is 3.71. The Labute approximate surface area is 234 Å². The lowest BCUT2D eigenvalue weighted by atomic mass is 9.98. The van der Waals surface area contributed by atoms with Crippen molar-refractivity contribution in [1.82, 2.24) is 10.2 Å². The van der Waals surface area contributed by atoms with Gasteiger partial charge in [-0.05, 0) is 77.0 Å². The third kappa shape index (κ3) is 9.72. The molecule has 0 bridgehead atoms. The summed E-state index contributed by atoms with van der Waals surface area (Å²) in [6.07, 6.45) is 1.33. The van der Waals surface area contributed by atoms with E-state index in [9.17, 15) is 14.4 Å². The number of carbonyl (C=O) groups is 3. The number of hydrogen-bond acceptors (Lipinski definition) is 4. The molecule has 0 fully saturated rings. The number of nitrogens with zero attached hydrogens (tertiary/aromatic N) is 1. The third-order valence-electron chi connectivity index (χ3n) is 6.41. The number of ether oxygens (including phenoxy) is 1. The van der Waals surface area contributed by atoms with E-state index in [0.717, 1.165) is 28.8 Å². The summed E-state index contributed by atoms with van der Waals surface area (Å²) in [6, 6.07) is 11.8. The van der Waals surface area contributed by atoms with E-state index in [2.05, 4.69) is 10.6 Å². The Hall–Kier alpha value is -3.35. The molecule has 0 aromatic heterocycles. The van der Waals surface area contributed by atoms with Crippen LogP contribution in [-0.2, 0) is 14.3 Å². The van der Waals surface area contributed by atoms with E-state index in [1.807, 2.05) is 84.0 Å². The van der Waals surface area contributed by atoms with E-state index >= 15 is 0 Å². The maximum Gasteiger partial charge on any atom is 0.408 e. The number of rotatable bonds is 11. The largest absolute Gasteiger partial charge is 0.444 e. The Morgan fingerprint density at radius 1 is 0.949 bits per heavy atom. The van der Waals surface area contributed by atoms with E-state index in [-0.39, 0.29) is 17.7 Å². The molecule has 39 heavy (non-hydrogen) atoms. The molecule has 2 aromatic rings. The second-order valence-electron chi connectivity index (χ2n) is 11.8. The highest BCUT2D eigenvalue weighted by Gasteiger charge is 2.36. The summed E-state index contributed by atoms with van der Waals surface area (Å²) in [5, 5.41) is 5.91. The van der Waals surface area contributed by atoms with Gasteiger partial charge in [0.2, 0.25) is 5.91 Å². The molecule has 2 unspecified atom stereocenters. The lowest BCUT2D eigenvalue weighted by Gasteiger charge is -2.35. The summed E-state index contributed by atoms with van der Waals surface area (Å²) in [4.78, 5) is 42.6. The van der Waals surface area contributed by atoms with Gasteiger partial charge in [0.05, 0.1) is 0 Å². The molecule has 7 nitrogen and oxygen atoms in total. The van der Waals surface area contributed by atoms with Gasteiger partial charge >= 0.3 is 6.09 Å². The average molecular weight is 538 g/mol. The molecule has 7 heteroatoms. The highest BCUT2D eigenvalue weighted by molar-refractivity contribution is 5.99. The van der Waals surface area contributed by atoms with Crippen LogP contribution in [0.3, 0.4) is 0 Å². The van der Waals surface area contributed by atoms with Crippen molar-refractivity contribution in [3.05, 3.63) is 64.7 Å². The standard InChI is InChI=1S/C32H47N3O4/c1-10-11-19-35(30(37)26(20-21(2)3)33-31(38)39-32(7,8)9)28(25-17-15-22(4)16-18-25)29(36)34-27-23(5)13-12-14-24(27)6/h12-18,21,26,28H,10-11,19-20H2,1-9H3,(H,33,38)(H,34,36). The molecule has 214 valence electrons. The summed E-state index contributed by atoms with van der Waals surface area (Å²) in [7, 11) is 0. The van der Waals surface area contributed by atoms with Crippen molar-refractivity contribution in [3.63, 3.8) is 0 Å². The van der Waals surface area contributed by atoms with Crippen LogP contribution in [-0.4, -0.2) is 41.0 Å². The number of unbranched alkanes of at least 4 members (excludes halogenated alkanes) is 1. The molecule has 2 N–H and O–H groups in total. The van der Waals surface area contributed by atoms with E-state index in [1.165, 1.54) is 0 Å². The summed E-state index contributed by atoms with van der Waals surface area (Å²) in [5.74, 6) is -0.463. The van der Waals surface area contributed by atoms with Crippen molar-refractivity contribution < 1.29 is 19.1 Å². The Morgan fingerprint density at radius 2 is 1.54 bits per heavy atom. The number of anilines is 1. The van der Waals surface area contributed by atoms with E-state index in [1.54, 1.807) is 25.7 Å². The van der Waals surface area contributed by atoms with Gasteiger partial charge in [-0.2, -0.15) is 0 Å². The normalized spacial score (nSPS) is 13.0. The van der Waals surface area contributed by atoms with Crippen molar-refractivity contribution in [2.75, 3.05) is 11.9 Å². The lowest BCUT2D eigenvalue weighted by molar-refractivity contribution is -0.141. The Morgan fingerprint density at radius 3 is 2.05 bits per heavy atom. The summed E-state index contributed by atoms with van der Waals surface area (Å²) in [6.45, 7) is 17.7. The smallest absolute Gasteiger partial charge is 0.408 e. The molecule has 0 heterocycles. The second kappa shape index (κ2) is 14.2. The molecule has 0 aliphatic heterocycles. The van der Waals surface area contributed by atoms with Crippen molar-refractivity contribution in [1.29, 1.82) is 0 Å². The number of aryl methyl sites for hydroxylation is 3. The van der Waals surface area contributed by atoms with E-state index in [4.69, 9.17) is 4.74 Å². The second-order valence-corrected chi connectivity index (χ2v) is 11.8. The van der Waals surface area contributed by atoms with Crippen LogP contribution in [0.5, 0.6) is 0 Å². The minimum Gasteiger partial charge on any atom is -0.444 e. The van der Waals surface area contributed by atoms with Gasteiger partial charge in [0.15, 0.2) is 0 Å². The van der Waals surface area contributed by atoms with Crippen LogP contribution < -0.4 is 10.6 Å². The SMILES string of the molecule is CCCCN(C(=O)C(CC(C)C)NC(=O)OC(C)(C)C)C(C(=O)Nc1c(C)cccc1C)c1ccc(C)cc1. The van der Waals surface area contributed by atoms with Crippen molar-refractivity contribution >= 4 is 23.6 Å². The zero-order valence-corrected chi connectivity index (χ0v) is 25.2. The van der Waals surface area contributed by atoms with Crippen LogP contribution in [0.25, 0.3) is 0 Å². The number of amides is 3. The van der Waals surface area contributed by atoms with Crippen LogP contribution in [0.1, 0.15) is 89.1 Å². The number of benzene rings is 2. The minimum atomic E-state index is -0.876. The molecule has 0 spiro atoms. The van der Waals surface area contributed by atoms with Crippen molar-refractivity contribution in [2.45, 2.75) is 99.3 Å². The minimum absolute atomic E-state index is 0.128. The number of carbonyl (C=O) groups excluding carboxylic acids is 3. The molecule has 0 saturated carbocycles. The number of para-hydroxylation sites is 1.